The van der Waals surface area contributed by atoms with Crippen molar-refractivity contribution in [2.45, 2.75) is 45.3 Å². The van der Waals surface area contributed by atoms with Crippen LogP contribution in [-0.4, -0.2) is 21.3 Å². The largest absolute Gasteiger partial charge is 0.381 e. The molecule has 0 aromatic rings. The van der Waals surface area contributed by atoms with E-state index in [1.165, 1.54) is 0 Å². The van der Waals surface area contributed by atoms with Crippen LogP contribution < -0.4 is 0 Å². The summed E-state index contributed by atoms with van der Waals surface area (Å²) in [4.78, 5) is 0. The summed E-state index contributed by atoms with van der Waals surface area (Å²) in [6.45, 7) is 12.2. The zero-order valence-corrected chi connectivity index (χ0v) is 11.4. The van der Waals surface area contributed by atoms with E-state index in [2.05, 4.69) is 37.7 Å². The first-order valence-electron chi connectivity index (χ1n) is 5.75. The average molecular weight is 224 g/mol. The van der Waals surface area contributed by atoms with E-state index in [9.17, 15) is 0 Å². The normalized spacial score (nSPS) is 10.6. The van der Waals surface area contributed by atoms with Crippen molar-refractivity contribution in [2.75, 3.05) is 13.2 Å². The predicted molar refractivity (Wildman–Crippen MR) is 70.6 cm³/mol. The van der Waals surface area contributed by atoms with Crippen LogP contribution in [0.25, 0.3) is 0 Å². The molecule has 0 unspecified atom stereocenters. The van der Waals surface area contributed by atoms with E-state index in [-0.39, 0.29) is 0 Å². The Labute approximate surface area is 95.9 Å². The van der Waals surface area contributed by atoms with Crippen LogP contribution in [0.15, 0.2) is 12.7 Å². The van der Waals surface area contributed by atoms with Crippen LogP contribution in [0.5, 0.6) is 0 Å². The fourth-order valence-corrected chi connectivity index (χ4v) is 1.68. The first kappa shape index (κ1) is 14.5. The molecule has 1 nitrogen and oxygen atoms in total. The Hall–Kier alpha value is -0.523. The molecule has 0 aromatic carbocycles. The van der Waals surface area contributed by atoms with Crippen molar-refractivity contribution in [1.29, 1.82) is 0 Å². The van der Waals surface area contributed by atoms with Crippen molar-refractivity contribution >= 4 is 8.07 Å². The van der Waals surface area contributed by atoms with E-state index < -0.39 is 8.07 Å². The second-order valence-electron chi connectivity index (χ2n) is 4.70. The van der Waals surface area contributed by atoms with Crippen LogP contribution in [0.3, 0.4) is 0 Å². The Kier molecular flexibility index (Phi) is 8.45. The lowest BCUT2D eigenvalue weighted by Gasteiger charge is -2.03. The summed E-state index contributed by atoms with van der Waals surface area (Å²) in [5, 5.41) is 0. The van der Waals surface area contributed by atoms with Gasteiger partial charge in [0.25, 0.3) is 0 Å². The molecule has 15 heavy (non-hydrogen) atoms. The second kappa shape index (κ2) is 8.76. The number of ether oxygens (including phenoxy) is 1. The molecule has 0 saturated heterocycles. The Morgan fingerprint density at radius 2 is 1.87 bits per heavy atom. The summed E-state index contributed by atoms with van der Waals surface area (Å²) >= 11 is 0. The second-order valence-corrected chi connectivity index (χ2v) is 9.45. The van der Waals surface area contributed by atoms with Gasteiger partial charge in [-0.05, 0) is 19.3 Å². The Balaban J connectivity index is 3.24. The van der Waals surface area contributed by atoms with Gasteiger partial charge in [-0.3, -0.25) is 0 Å². The third-order valence-corrected chi connectivity index (χ3v) is 2.68. The van der Waals surface area contributed by atoms with Crippen LogP contribution in [0.4, 0.5) is 0 Å². The highest BCUT2D eigenvalue weighted by Crippen LogP contribution is 1.98. The minimum absolute atomic E-state index is 0.845. The van der Waals surface area contributed by atoms with Crippen molar-refractivity contribution in [3.05, 3.63) is 12.7 Å². The molecular formula is C13H24OSi. The fraction of sp³-hybridized carbons (Fsp3) is 0.692. The minimum atomic E-state index is -1.16. The van der Waals surface area contributed by atoms with Crippen molar-refractivity contribution in [3.63, 3.8) is 0 Å². The summed E-state index contributed by atoms with van der Waals surface area (Å²) in [6.07, 6.45) is 6.11. The van der Waals surface area contributed by atoms with E-state index in [0.717, 1.165) is 38.9 Å². The van der Waals surface area contributed by atoms with E-state index >= 15 is 0 Å². The van der Waals surface area contributed by atoms with Gasteiger partial charge in [0.1, 0.15) is 8.07 Å². The lowest BCUT2D eigenvalue weighted by Crippen LogP contribution is -2.16. The Bertz CT molecular complexity index is 217. The van der Waals surface area contributed by atoms with E-state index in [1.807, 2.05) is 6.08 Å². The van der Waals surface area contributed by atoms with Crippen LogP contribution in [0.2, 0.25) is 19.6 Å². The SMILES string of the molecule is C=CCCCOCCCC#C[Si](C)(C)C. The van der Waals surface area contributed by atoms with Crippen molar-refractivity contribution in [3.8, 4) is 11.5 Å². The molecule has 0 fully saturated rings. The van der Waals surface area contributed by atoms with Crippen LogP contribution in [-0.2, 0) is 4.74 Å². The molecule has 0 amide bonds. The first-order chi connectivity index (χ1) is 7.06. The molecule has 0 radical (unpaired) electrons. The van der Waals surface area contributed by atoms with Crippen molar-refractivity contribution < 1.29 is 4.74 Å². The molecule has 0 bridgehead atoms. The van der Waals surface area contributed by atoms with Gasteiger partial charge in [0.2, 0.25) is 0 Å². The molecule has 0 aromatic heterocycles. The molecule has 0 heterocycles. The minimum Gasteiger partial charge on any atom is -0.381 e. The van der Waals surface area contributed by atoms with E-state index in [0.29, 0.717) is 0 Å². The highest BCUT2D eigenvalue weighted by molar-refractivity contribution is 6.83. The molecule has 0 saturated carbocycles. The standard InChI is InChI=1S/C13H24OSi/c1-5-6-8-11-14-12-9-7-10-13-15(2,3)4/h5H,1,6-9,11-12H2,2-4H3. The highest BCUT2D eigenvalue weighted by Gasteiger charge is 2.06. The molecule has 86 valence electrons. The summed E-state index contributed by atoms with van der Waals surface area (Å²) in [5.74, 6) is 3.24. The van der Waals surface area contributed by atoms with Gasteiger partial charge in [-0.25, -0.2) is 0 Å². The monoisotopic (exact) mass is 224 g/mol. The third kappa shape index (κ3) is 13.5. The Morgan fingerprint density at radius 3 is 2.47 bits per heavy atom. The number of unbranched alkanes of at least 4 members (excludes halogenated alkanes) is 2. The molecule has 0 aliphatic heterocycles. The molecule has 2 heteroatoms. The smallest absolute Gasteiger partial charge is 0.129 e. The van der Waals surface area contributed by atoms with Gasteiger partial charge in [0, 0.05) is 19.6 Å². The van der Waals surface area contributed by atoms with Crippen LogP contribution in [0.1, 0.15) is 25.7 Å². The summed E-state index contributed by atoms with van der Waals surface area (Å²) in [5.41, 5.74) is 3.35. The van der Waals surface area contributed by atoms with Crippen LogP contribution >= 0.6 is 0 Å². The maximum absolute atomic E-state index is 5.46. The predicted octanol–water partition coefficient (Wildman–Crippen LogP) is 3.63. The quantitative estimate of drug-likeness (QED) is 0.278. The number of rotatable bonds is 7. The molecule has 0 atom stereocenters. The van der Waals surface area contributed by atoms with E-state index in [1.54, 1.807) is 0 Å². The molecule has 0 aliphatic carbocycles. The maximum Gasteiger partial charge on any atom is 0.129 e. The number of hydrogen-bond donors (Lipinski definition) is 0. The van der Waals surface area contributed by atoms with Crippen molar-refractivity contribution in [1.82, 2.24) is 0 Å². The summed E-state index contributed by atoms with van der Waals surface area (Å²) in [7, 11) is -1.16. The molecular weight excluding hydrogens is 200 g/mol. The first-order valence-corrected chi connectivity index (χ1v) is 9.25. The topological polar surface area (TPSA) is 9.23 Å². The van der Waals surface area contributed by atoms with Crippen molar-refractivity contribution in [2.24, 2.45) is 0 Å². The lowest BCUT2D eigenvalue weighted by molar-refractivity contribution is 0.131. The van der Waals surface area contributed by atoms with E-state index in [4.69, 9.17) is 4.74 Å². The molecule has 0 N–H and O–H groups in total. The van der Waals surface area contributed by atoms with Gasteiger partial charge < -0.3 is 4.74 Å². The summed E-state index contributed by atoms with van der Waals surface area (Å²) < 4.78 is 5.46. The lowest BCUT2D eigenvalue weighted by atomic mass is 10.3. The van der Waals surface area contributed by atoms with Gasteiger partial charge in [-0.2, -0.15) is 0 Å². The number of allylic oxidation sites excluding steroid dienone is 1. The highest BCUT2D eigenvalue weighted by atomic mass is 28.3. The van der Waals surface area contributed by atoms with Gasteiger partial charge >= 0.3 is 0 Å². The van der Waals surface area contributed by atoms with Gasteiger partial charge in [0.05, 0.1) is 0 Å². The molecule has 0 spiro atoms. The van der Waals surface area contributed by atoms with Crippen LogP contribution in [0, 0.1) is 11.5 Å². The zero-order chi connectivity index (χ0) is 11.6. The Morgan fingerprint density at radius 1 is 1.20 bits per heavy atom. The fourth-order valence-electron chi connectivity index (χ4n) is 1.02. The van der Waals surface area contributed by atoms with Gasteiger partial charge in [-0.15, -0.1) is 18.0 Å². The maximum atomic E-state index is 5.46. The molecule has 0 aliphatic rings. The summed E-state index contributed by atoms with van der Waals surface area (Å²) in [6, 6.07) is 0. The molecule has 0 rings (SSSR count). The van der Waals surface area contributed by atoms with Gasteiger partial charge in [-0.1, -0.05) is 25.7 Å². The zero-order valence-electron chi connectivity index (χ0n) is 10.4. The average Bonchev–Trinajstić information content (AvgIpc) is 2.14. The number of hydrogen-bond acceptors (Lipinski definition) is 1. The van der Waals surface area contributed by atoms with Gasteiger partial charge in [0.15, 0.2) is 0 Å². The third-order valence-electron chi connectivity index (χ3n) is 1.75.